The number of hydrogen-bond donors (Lipinski definition) is 2. The number of H-pyrrole nitrogens is 1. The van der Waals surface area contributed by atoms with Gasteiger partial charge in [0.1, 0.15) is 0 Å². The van der Waals surface area contributed by atoms with E-state index in [0.717, 1.165) is 32.7 Å². The SMILES string of the molecule is Cc1ccc2[nH]c(CN3CCNCC3)c(C)c2c1. The molecule has 0 saturated carbocycles. The van der Waals surface area contributed by atoms with Crippen molar-refractivity contribution in [1.29, 1.82) is 0 Å². The van der Waals surface area contributed by atoms with Crippen LogP contribution in [0.2, 0.25) is 0 Å². The zero-order valence-corrected chi connectivity index (χ0v) is 11.2. The summed E-state index contributed by atoms with van der Waals surface area (Å²) in [6, 6.07) is 6.65. The van der Waals surface area contributed by atoms with Gasteiger partial charge in [0.2, 0.25) is 0 Å². The van der Waals surface area contributed by atoms with E-state index in [1.54, 1.807) is 0 Å². The molecule has 18 heavy (non-hydrogen) atoms. The summed E-state index contributed by atoms with van der Waals surface area (Å²) in [5.41, 5.74) is 5.38. The van der Waals surface area contributed by atoms with Crippen LogP contribution in [0.25, 0.3) is 10.9 Å². The summed E-state index contributed by atoms with van der Waals surface area (Å²) in [4.78, 5) is 6.09. The highest BCUT2D eigenvalue weighted by Gasteiger charge is 2.14. The first-order chi connectivity index (χ1) is 8.74. The van der Waals surface area contributed by atoms with E-state index in [9.17, 15) is 0 Å². The van der Waals surface area contributed by atoms with Crippen LogP contribution in [0.4, 0.5) is 0 Å². The molecular formula is C15H21N3. The van der Waals surface area contributed by atoms with Gasteiger partial charge >= 0.3 is 0 Å². The molecule has 0 radical (unpaired) electrons. The number of piperazine rings is 1. The molecule has 3 nitrogen and oxygen atoms in total. The maximum Gasteiger partial charge on any atom is 0.0459 e. The Labute approximate surface area is 108 Å². The van der Waals surface area contributed by atoms with Gasteiger partial charge in [-0.1, -0.05) is 11.6 Å². The van der Waals surface area contributed by atoms with Crippen molar-refractivity contribution < 1.29 is 0 Å². The topological polar surface area (TPSA) is 31.1 Å². The second kappa shape index (κ2) is 4.75. The van der Waals surface area contributed by atoms with E-state index >= 15 is 0 Å². The van der Waals surface area contributed by atoms with Gasteiger partial charge < -0.3 is 10.3 Å². The molecule has 0 bridgehead atoms. The van der Waals surface area contributed by atoms with Crippen LogP contribution in [-0.2, 0) is 6.54 Å². The van der Waals surface area contributed by atoms with Crippen LogP contribution in [0.5, 0.6) is 0 Å². The lowest BCUT2D eigenvalue weighted by molar-refractivity contribution is 0.231. The number of aromatic amines is 1. The minimum atomic E-state index is 1.04. The summed E-state index contributed by atoms with van der Waals surface area (Å²) in [6.07, 6.45) is 0. The van der Waals surface area contributed by atoms with Gasteiger partial charge in [-0.25, -0.2) is 0 Å². The molecule has 1 aliphatic heterocycles. The number of nitrogens with one attached hydrogen (secondary N) is 2. The maximum absolute atomic E-state index is 3.58. The van der Waals surface area contributed by atoms with Crippen molar-refractivity contribution in [2.75, 3.05) is 26.2 Å². The number of nitrogens with zero attached hydrogens (tertiary/aromatic N) is 1. The van der Waals surface area contributed by atoms with Crippen molar-refractivity contribution in [3.8, 4) is 0 Å². The Balaban J connectivity index is 1.89. The predicted octanol–water partition coefficient (Wildman–Crippen LogP) is 2.19. The number of benzene rings is 1. The van der Waals surface area contributed by atoms with Gasteiger partial charge in [-0.3, -0.25) is 4.90 Å². The monoisotopic (exact) mass is 243 g/mol. The molecule has 1 aliphatic rings. The summed E-state index contributed by atoms with van der Waals surface area (Å²) in [5, 5.41) is 4.77. The zero-order chi connectivity index (χ0) is 12.5. The Morgan fingerprint density at radius 2 is 1.94 bits per heavy atom. The molecule has 1 aromatic heterocycles. The lowest BCUT2D eigenvalue weighted by Gasteiger charge is -2.26. The molecule has 3 heteroatoms. The smallest absolute Gasteiger partial charge is 0.0459 e. The van der Waals surface area contributed by atoms with E-state index in [4.69, 9.17) is 0 Å². The minimum absolute atomic E-state index is 1.04. The van der Waals surface area contributed by atoms with Crippen molar-refractivity contribution in [1.82, 2.24) is 15.2 Å². The Hall–Kier alpha value is -1.32. The van der Waals surface area contributed by atoms with Crippen LogP contribution in [0.3, 0.4) is 0 Å². The number of aryl methyl sites for hydroxylation is 2. The molecule has 1 saturated heterocycles. The van der Waals surface area contributed by atoms with Gasteiger partial charge in [-0.15, -0.1) is 0 Å². The van der Waals surface area contributed by atoms with Crippen LogP contribution < -0.4 is 5.32 Å². The molecule has 0 aliphatic carbocycles. The molecule has 0 spiro atoms. The number of rotatable bonds is 2. The molecule has 1 fully saturated rings. The molecule has 1 aromatic carbocycles. The highest BCUT2D eigenvalue weighted by Crippen LogP contribution is 2.23. The van der Waals surface area contributed by atoms with Crippen LogP contribution in [0, 0.1) is 13.8 Å². The third-order valence-electron chi connectivity index (χ3n) is 3.91. The Morgan fingerprint density at radius 1 is 1.17 bits per heavy atom. The molecule has 2 aromatic rings. The number of hydrogen-bond acceptors (Lipinski definition) is 2. The zero-order valence-electron chi connectivity index (χ0n) is 11.2. The van der Waals surface area contributed by atoms with Gasteiger partial charge in [0.15, 0.2) is 0 Å². The molecule has 96 valence electrons. The van der Waals surface area contributed by atoms with E-state index in [-0.39, 0.29) is 0 Å². The third kappa shape index (κ3) is 2.16. The average Bonchev–Trinajstić information content (AvgIpc) is 2.68. The summed E-state index contributed by atoms with van der Waals surface area (Å²) in [7, 11) is 0. The van der Waals surface area contributed by atoms with E-state index in [2.05, 4.69) is 47.2 Å². The molecular weight excluding hydrogens is 222 g/mol. The Bertz CT molecular complexity index is 550. The fraction of sp³-hybridized carbons (Fsp3) is 0.467. The summed E-state index contributed by atoms with van der Waals surface area (Å²) in [5.74, 6) is 0. The minimum Gasteiger partial charge on any atom is -0.357 e. The van der Waals surface area contributed by atoms with Crippen LogP contribution in [0.1, 0.15) is 16.8 Å². The molecule has 0 atom stereocenters. The van der Waals surface area contributed by atoms with Gasteiger partial charge in [0, 0.05) is 49.3 Å². The normalized spacial score (nSPS) is 17.4. The summed E-state index contributed by atoms with van der Waals surface area (Å²) >= 11 is 0. The first kappa shape index (κ1) is 11.8. The average molecular weight is 243 g/mol. The second-order valence-corrected chi connectivity index (χ2v) is 5.30. The maximum atomic E-state index is 3.58. The first-order valence-electron chi connectivity index (χ1n) is 6.75. The Kier molecular flexibility index (Phi) is 3.10. The van der Waals surface area contributed by atoms with Crippen LogP contribution in [0.15, 0.2) is 18.2 Å². The molecule has 2 N–H and O–H groups in total. The number of fused-ring (bicyclic) bond motifs is 1. The van der Waals surface area contributed by atoms with Crippen LogP contribution in [-0.4, -0.2) is 36.1 Å². The van der Waals surface area contributed by atoms with E-state index < -0.39 is 0 Å². The van der Waals surface area contributed by atoms with Crippen molar-refractivity contribution in [2.24, 2.45) is 0 Å². The van der Waals surface area contributed by atoms with E-state index in [1.807, 2.05) is 0 Å². The standard InChI is InChI=1S/C15H21N3/c1-11-3-4-14-13(9-11)12(2)15(17-14)10-18-7-5-16-6-8-18/h3-4,9,16-17H,5-8,10H2,1-2H3. The highest BCUT2D eigenvalue weighted by atomic mass is 15.2. The van der Waals surface area contributed by atoms with Crippen LogP contribution >= 0.6 is 0 Å². The highest BCUT2D eigenvalue weighted by molar-refractivity contribution is 5.85. The van der Waals surface area contributed by atoms with Gasteiger partial charge in [-0.05, 0) is 31.5 Å². The Morgan fingerprint density at radius 3 is 2.72 bits per heavy atom. The van der Waals surface area contributed by atoms with Gasteiger partial charge in [-0.2, -0.15) is 0 Å². The van der Waals surface area contributed by atoms with Crippen molar-refractivity contribution in [3.63, 3.8) is 0 Å². The van der Waals surface area contributed by atoms with Crippen molar-refractivity contribution in [2.45, 2.75) is 20.4 Å². The van der Waals surface area contributed by atoms with Gasteiger partial charge in [0.05, 0.1) is 0 Å². The number of aromatic nitrogens is 1. The second-order valence-electron chi connectivity index (χ2n) is 5.30. The summed E-state index contributed by atoms with van der Waals surface area (Å²) < 4.78 is 0. The van der Waals surface area contributed by atoms with Gasteiger partial charge in [0.25, 0.3) is 0 Å². The molecule has 2 heterocycles. The fourth-order valence-electron chi connectivity index (χ4n) is 2.75. The largest absolute Gasteiger partial charge is 0.357 e. The van der Waals surface area contributed by atoms with Crippen molar-refractivity contribution >= 4 is 10.9 Å². The van der Waals surface area contributed by atoms with E-state index in [1.165, 1.54) is 27.7 Å². The molecule has 0 amide bonds. The molecule has 0 unspecified atom stereocenters. The first-order valence-corrected chi connectivity index (χ1v) is 6.75. The van der Waals surface area contributed by atoms with Crippen molar-refractivity contribution in [3.05, 3.63) is 35.0 Å². The summed E-state index contributed by atoms with van der Waals surface area (Å²) in [6.45, 7) is 9.94. The quantitative estimate of drug-likeness (QED) is 0.847. The molecule has 3 rings (SSSR count). The fourth-order valence-corrected chi connectivity index (χ4v) is 2.75. The predicted molar refractivity (Wildman–Crippen MR) is 75.9 cm³/mol. The third-order valence-corrected chi connectivity index (χ3v) is 3.91. The lowest BCUT2D eigenvalue weighted by atomic mass is 10.1. The van der Waals surface area contributed by atoms with E-state index in [0.29, 0.717) is 0 Å². The lowest BCUT2D eigenvalue weighted by Crippen LogP contribution is -2.43.